The minimum Gasteiger partial charge on any atom is -0.335 e. The first-order valence-electron chi connectivity index (χ1n) is 7.99. The normalized spacial score (nSPS) is 16.3. The predicted molar refractivity (Wildman–Crippen MR) is 90.8 cm³/mol. The highest BCUT2D eigenvalue weighted by atomic mass is 16.2. The molecule has 4 heteroatoms. The summed E-state index contributed by atoms with van der Waals surface area (Å²) in [4.78, 5) is 14.4. The lowest BCUT2D eigenvalue weighted by Gasteiger charge is -2.32. The molecule has 2 N–H and O–H groups in total. The SMILES string of the molecule is C=C(C)CN1CCC(NC(=O)NCc2ccc(C)cc2)CC1. The van der Waals surface area contributed by atoms with E-state index < -0.39 is 0 Å². The third-order valence-corrected chi connectivity index (χ3v) is 3.99. The molecule has 1 saturated heterocycles. The van der Waals surface area contributed by atoms with Gasteiger partial charge in [-0.25, -0.2) is 4.79 Å². The molecule has 1 fully saturated rings. The third kappa shape index (κ3) is 5.53. The van der Waals surface area contributed by atoms with Gasteiger partial charge in [-0.3, -0.25) is 4.90 Å². The molecule has 0 atom stereocenters. The third-order valence-electron chi connectivity index (χ3n) is 3.99. The standard InChI is InChI=1S/C18H27N3O/c1-14(2)13-21-10-8-17(9-11-21)20-18(22)19-12-16-6-4-15(3)5-7-16/h4-7,17H,1,8-13H2,2-3H3,(H2,19,20,22). The fourth-order valence-corrected chi connectivity index (χ4v) is 2.74. The van der Waals surface area contributed by atoms with E-state index in [9.17, 15) is 4.79 Å². The second kappa shape index (κ2) is 7.99. The highest BCUT2D eigenvalue weighted by Crippen LogP contribution is 2.11. The summed E-state index contributed by atoms with van der Waals surface area (Å²) in [5.41, 5.74) is 3.55. The number of urea groups is 1. The Balaban J connectivity index is 1.67. The number of piperidine rings is 1. The molecule has 120 valence electrons. The number of nitrogens with zero attached hydrogens (tertiary/aromatic N) is 1. The number of likely N-dealkylation sites (tertiary alicyclic amines) is 1. The second-order valence-electron chi connectivity index (χ2n) is 6.32. The van der Waals surface area contributed by atoms with Gasteiger partial charge in [0.05, 0.1) is 0 Å². The van der Waals surface area contributed by atoms with Crippen molar-refractivity contribution >= 4 is 6.03 Å². The lowest BCUT2D eigenvalue weighted by molar-refractivity contribution is 0.201. The molecule has 0 unspecified atom stereocenters. The molecule has 4 nitrogen and oxygen atoms in total. The minimum absolute atomic E-state index is 0.0704. The summed E-state index contributed by atoms with van der Waals surface area (Å²) in [5, 5.41) is 6.01. The quantitative estimate of drug-likeness (QED) is 0.821. The van der Waals surface area contributed by atoms with Crippen LogP contribution in [0.5, 0.6) is 0 Å². The number of nitrogens with one attached hydrogen (secondary N) is 2. The van der Waals surface area contributed by atoms with Gasteiger partial charge in [-0.15, -0.1) is 0 Å². The molecule has 0 bridgehead atoms. The van der Waals surface area contributed by atoms with Gasteiger partial charge in [-0.05, 0) is 32.3 Å². The van der Waals surface area contributed by atoms with Gasteiger partial charge in [0.1, 0.15) is 0 Å². The topological polar surface area (TPSA) is 44.4 Å². The lowest BCUT2D eigenvalue weighted by atomic mass is 10.0. The van der Waals surface area contributed by atoms with Crippen LogP contribution in [0.3, 0.4) is 0 Å². The number of carbonyl (C=O) groups excluding carboxylic acids is 1. The van der Waals surface area contributed by atoms with Crippen LogP contribution in [-0.4, -0.2) is 36.6 Å². The highest BCUT2D eigenvalue weighted by molar-refractivity contribution is 5.74. The van der Waals surface area contributed by atoms with Crippen molar-refractivity contribution in [2.24, 2.45) is 0 Å². The van der Waals surface area contributed by atoms with Crippen LogP contribution in [0.4, 0.5) is 4.79 Å². The number of carbonyl (C=O) groups is 1. The summed E-state index contributed by atoms with van der Waals surface area (Å²) in [5.74, 6) is 0. The van der Waals surface area contributed by atoms with E-state index in [1.54, 1.807) is 0 Å². The molecule has 2 rings (SSSR count). The van der Waals surface area contributed by atoms with Crippen LogP contribution in [0.25, 0.3) is 0 Å². The van der Waals surface area contributed by atoms with Crippen LogP contribution in [0.2, 0.25) is 0 Å². The van der Waals surface area contributed by atoms with Crippen molar-refractivity contribution in [2.45, 2.75) is 39.3 Å². The molecule has 1 aliphatic rings. The minimum atomic E-state index is -0.0704. The van der Waals surface area contributed by atoms with E-state index in [-0.39, 0.29) is 12.1 Å². The van der Waals surface area contributed by atoms with Gasteiger partial charge in [-0.1, -0.05) is 42.0 Å². The summed E-state index contributed by atoms with van der Waals surface area (Å²) in [6, 6.07) is 8.42. The van der Waals surface area contributed by atoms with E-state index in [1.807, 2.05) is 12.1 Å². The van der Waals surface area contributed by atoms with Crippen molar-refractivity contribution in [3.05, 3.63) is 47.5 Å². The van der Waals surface area contributed by atoms with Crippen molar-refractivity contribution in [3.8, 4) is 0 Å². The second-order valence-corrected chi connectivity index (χ2v) is 6.32. The average molecular weight is 301 g/mol. The molecule has 1 aromatic rings. The molecular formula is C18H27N3O. The smallest absolute Gasteiger partial charge is 0.315 e. The maximum Gasteiger partial charge on any atom is 0.315 e. The first-order valence-corrected chi connectivity index (χ1v) is 7.99. The molecule has 1 aliphatic heterocycles. The van der Waals surface area contributed by atoms with Crippen LogP contribution in [0.15, 0.2) is 36.4 Å². The average Bonchev–Trinajstić information content (AvgIpc) is 2.48. The Morgan fingerprint density at radius 3 is 2.50 bits per heavy atom. The van der Waals surface area contributed by atoms with E-state index in [2.05, 4.69) is 48.1 Å². The number of benzene rings is 1. The first kappa shape index (κ1) is 16.6. The summed E-state index contributed by atoms with van der Waals surface area (Å²) in [6.45, 7) is 11.7. The van der Waals surface area contributed by atoms with E-state index in [4.69, 9.17) is 0 Å². The van der Waals surface area contributed by atoms with Gasteiger partial charge in [0.15, 0.2) is 0 Å². The Morgan fingerprint density at radius 1 is 1.27 bits per heavy atom. The van der Waals surface area contributed by atoms with Crippen LogP contribution >= 0.6 is 0 Å². The van der Waals surface area contributed by atoms with Crippen LogP contribution in [0.1, 0.15) is 30.9 Å². The van der Waals surface area contributed by atoms with Crippen molar-refractivity contribution < 1.29 is 4.79 Å². The Labute approximate surface area is 133 Å². The number of amides is 2. The number of aryl methyl sites for hydroxylation is 1. The van der Waals surface area contributed by atoms with Crippen molar-refractivity contribution in [2.75, 3.05) is 19.6 Å². The van der Waals surface area contributed by atoms with Gasteiger partial charge in [0.25, 0.3) is 0 Å². The largest absolute Gasteiger partial charge is 0.335 e. The zero-order valence-electron chi connectivity index (χ0n) is 13.7. The molecule has 1 heterocycles. The van der Waals surface area contributed by atoms with Crippen molar-refractivity contribution in [1.29, 1.82) is 0 Å². The van der Waals surface area contributed by atoms with Gasteiger partial charge >= 0.3 is 6.03 Å². The van der Waals surface area contributed by atoms with E-state index in [1.165, 1.54) is 11.1 Å². The predicted octanol–water partition coefficient (Wildman–Crippen LogP) is 2.83. The fraction of sp³-hybridized carbons (Fsp3) is 0.500. The van der Waals surface area contributed by atoms with Gasteiger partial charge in [-0.2, -0.15) is 0 Å². The molecule has 0 aromatic heterocycles. The maximum absolute atomic E-state index is 12.0. The van der Waals surface area contributed by atoms with Gasteiger partial charge in [0.2, 0.25) is 0 Å². The molecule has 0 spiro atoms. The number of hydrogen-bond donors (Lipinski definition) is 2. The monoisotopic (exact) mass is 301 g/mol. The van der Waals surface area contributed by atoms with Crippen LogP contribution < -0.4 is 10.6 Å². The summed E-state index contributed by atoms with van der Waals surface area (Å²) < 4.78 is 0. The number of hydrogen-bond acceptors (Lipinski definition) is 2. The molecule has 0 aliphatic carbocycles. The molecule has 1 aromatic carbocycles. The zero-order chi connectivity index (χ0) is 15.9. The molecule has 22 heavy (non-hydrogen) atoms. The molecule has 0 saturated carbocycles. The Morgan fingerprint density at radius 2 is 1.91 bits per heavy atom. The summed E-state index contributed by atoms with van der Waals surface area (Å²) >= 11 is 0. The Kier molecular flexibility index (Phi) is 6.01. The fourth-order valence-electron chi connectivity index (χ4n) is 2.74. The van der Waals surface area contributed by atoms with Crippen molar-refractivity contribution in [3.63, 3.8) is 0 Å². The Bertz CT molecular complexity index is 502. The van der Waals surface area contributed by atoms with Crippen LogP contribution in [-0.2, 0) is 6.54 Å². The molecule has 2 amide bonds. The van der Waals surface area contributed by atoms with E-state index >= 15 is 0 Å². The first-order chi connectivity index (χ1) is 10.5. The molecular weight excluding hydrogens is 274 g/mol. The zero-order valence-corrected chi connectivity index (χ0v) is 13.7. The van der Waals surface area contributed by atoms with Crippen molar-refractivity contribution in [1.82, 2.24) is 15.5 Å². The molecule has 0 radical (unpaired) electrons. The Hall–Kier alpha value is -1.81. The summed E-state index contributed by atoms with van der Waals surface area (Å²) in [6.07, 6.45) is 2.01. The summed E-state index contributed by atoms with van der Waals surface area (Å²) in [7, 11) is 0. The van der Waals surface area contributed by atoms with E-state index in [0.717, 1.165) is 38.0 Å². The van der Waals surface area contributed by atoms with Gasteiger partial charge in [0, 0.05) is 32.2 Å². The number of rotatable bonds is 5. The highest BCUT2D eigenvalue weighted by Gasteiger charge is 2.20. The lowest BCUT2D eigenvalue weighted by Crippen LogP contribution is -2.47. The van der Waals surface area contributed by atoms with Crippen LogP contribution in [0, 0.1) is 6.92 Å². The van der Waals surface area contributed by atoms with E-state index in [0.29, 0.717) is 6.54 Å². The maximum atomic E-state index is 12.0. The van der Waals surface area contributed by atoms with Gasteiger partial charge < -0.3 is 10.6 Å².